The third-order valence-electron chi connectivity index (χ3n) is 5.04. The Morgan fingerprint density at radius 2 is 1.82 bits per heavy atom. The summed E-state index contributed by atoms with van der Waals surface area (Å²) in [5.74, 6) is 0.812. The molecule has 1 aromatic heterocycles. The molecule has 0 atom stereocenters. The number of hydrogen-bond donors (Lipinski definition) is 0. The van der Waals surface area contributed by atoms with Crippen molar-refractivity contribution in [3.63, 3.8) is 0 Å². The number of hydrogen-bond acceptors (Lipinski definition) is 8. The van der Waals surface area contributed by atoms with E-state index in [-0.39, 0.29) is 23.8 Å². The van der Waals surface area contributed by atoms with Crippen molar-refractivity contribution in [1.82, 2.24) is 14.4 Å². The summed E-state index contributed by atoms with van der Waals surface area (Å²) >= 11 is 0. The Labute approximate surface area is 193 Å². The van der Waals surface area contributed by atoms with Crippen molar-refractivity contribution < 1.29 is 27.2 Å². The fraction of sp³-hybridized carbons (Fsp3) is 0.348. The molecule has 0 radical (unpaired) electrons. The van der Waals surface area contributed by atoms with Crippen LogP contribution in [0.4, 0.5) is 0 Å². The summed E-state index contributed by atoms with van der Waals surface area (Å²) in [4.78, 5) is 16.6. The van der Waals surface area contributed by atoms with Crippen molar-refractivity contribution in [3.05, 3.63) is 60.0 Å². The number of carbonyl (C=O) groups excluding carboxylic acids is 1. The molecular formula is C23H27N3O6S. The monoisotopic (exact) mass is 473 g/mol. The van der Waals surface area contributed by atoms with Gasteiger partial charge in [0.2, 0.25) is 15.8 Å². The molecule has 176 valence electrons. The summed E-state index contributed by atoms with van der Waals surface area (Å²) < 4.78 is 42.0. The molecule has 10 heteroatoms. The van der Waals surface area contributed by atoms with Gasteiger partial charge in [-0.25, -0.2) is 8.42 Å². The van der Waals surface area contributed by atoms with Crippen molar-refractivity contribution in [2.75, 3.05) is 20.2 Å². The van der Waals surface area contributed by atoms with Crippen LogP contribution < -0.4 is 4.74 Å². The first-order chi connectivity index (χ1) is 15.9. The zero-order valence-corrected chi connectivity index (χ0v) is 19.7. The third kappa shape index (κ3) is 6.17. The largest absolute Gasteiger partial charge is 0.497 e. The summed E-state index contributed by atoms with van der Waals surface area (Å²) in [7, 11) is -1.93. The molecule has 0 amide bonds. The molecule has 0 unspecified atom stereocenters. The molecule has 0 aliphatic heterocycles. The molecule has 9 nitrogen and oxygen atoms in total. The Morgan fingerprint density at radius 3 is 2.48 bits per heavy atom. The van der Waals surface area contributed by atoms with Gasteiger partial charge in [-0.05, 0) is 36.2 Å². The first-order valence-corrected chi connectivity index (χ1v) is 12.0. The summed E-state index contributed by atoms with van der Waals surface area (Å²) in [6.45, 7) is 4.29. The van der Waals surface area contributed by atoms with E-state index < -0.39 is 16.0 Å². The number of aromatic nitrogens is 2. The van der Waals surface area contributed by atoms with Crippen molar-refractivity contribution in [2.24, 2.45) is 0 Å². The highest BCUT2D eigenvalue weighted by Gasteiger charge is 2.21. The van der Waals surface area contributed by atoms with E-state index in [1.165, 1.54) is 4.31 Å². The van der Waals surface area contributed by atoms with Gasteiger partial charge >= 0.3 is 5.97 Å². The van der Waals surface area contributed by atoms with Crippen molar-refractivity contribution in [3.8, 4) is 17.1 Å². The molecule has 0 fully saturated rings. The minimum atomic E-state index is -3.50. The topological polar surface area (TPSA) is 112 Å². The lowest BCUT2D eigenvalue weighted by Gasteiger charge is -2.18. The van der Waals surface area contributed by atoms with E-state index in [2.05, 4.69) is 10.1 Å². The Hall–Kier alpha value is -3.24. The minimum Gasteiger partial charge on any atom is -0.497 e. The lowest BCUT2D eigenvalue weighted by atomic mass is 10.1. The number of rotatable bonds is 11. The van der Waals surface area contributed by atoms with Crippen LogP contribution in [0.5, 0.6) is 5.75 Å². The van der Waals surface area contributed by atoms with Gasteiger partial charge in [0.15, 0.2) is 6.61 Å². The highest BCUT2D eigenvalue weighted by atomic mass is 32.2. The minimum absolute atomic E-state index is 0.128. The number of nitrogens with zero attached hydrogens (tertiary/aromatic N) is 3. The van der Waals surface area contributed by atoms with E-state index in [0.717, 1.165) is 11.1 Å². The standard InChI is InChI=1S/C23H27N3O6S/c1-4-26(5-2)33(28,29)20-12-9-17(10-13-20)11-14-22(27)31-16-21-24-23(25-32-21)18-7-6-8-19(15-18)30-3/h6-10,12-13,15H,4-5,11,14,16H2,1-3H3. The van der Waals surface area contributed by atoms with E-state index in [1.54, 1.807) is 51.3 Å². The first-order valence-electron chi connectivity index (χ1n) is 10.6. The van der Waals surface area contributed by atoms with Gasteiger partial charge in [-0.2, -0.15) is 9.29 Å². The second-order valence-corrected chi connectivity index (χ2v) is 9.08. The molecule has 2 aromatic carbocycles. The van der Waals surface area contributed by atoms with Gasteiger partial charge in [-0.15, -0.1) is 0 Å². The molecule has 0 saturated heterocycles. The Balaban J connectivity index is 1.50. The molecular weight excluding hydrogens is 446 g/mol. The van der Waals surface area contributed by atoms with Crippen LogP contribution in [-0.4, -0.2) is 49.0 Å². The summed E-state index contributed by atoms with van der Waals surface area (Å²) in [6, 6.07) is 13.8. The fourth-order valence-corrected chi connectivity index (χ4v) is 4.65. The molecule has 1 heterocycles. The molecule has 3 rings (SSSR count). The highest BCUT2D eigenvalue weighted by Crippen LogP contribution is 2.21. The maximum absolute atomic E-state index is 12.5. The number of benzene rings is 2. The number of sulfonamides is 1. The van der Waals surface area contributed by atoms with Crippen LogP contribution >= 0.6 is 0 Å². The number of methoxy groups -OCH3 is 1. The zero-order chi connectivity index (χ0) is 23.8. The molecule has 0 aliphatic carbocycles. The van der Waals surface area contributed by atoms with Crippen LogP contribution in [0.15, 0.2) is 57.9 Å². The van der Waals surface area contributed by atoms with Crippen LogP contribution in [0.25, 0.3) is 11.4 Å². The highest BCUT2D eigenvalue weighted by molar-refractivity contribution is 7.89. The average molecular weight is 474 g/mol. The molecule has 0 saturated carbocycles. The Morgan fingerprint density at radius 1 is 1.09 bits per heavy atom. The van der Waals surface area contributed by atoms with Gasteiger partial charge in [0.1, 0.15) is 5.75 Å². The molecule has 0 aliphatic rings. The first kappa shape index (κ1) is 24.4. The van der Waals surface area contributed by atoms with E-state index in [9.17, 15) is 13.2 Å². The smallest absolute Gasteiger partial charge is 0.306 e. The number of aryl methyl sites for hydroxylation is 1. The van der Waals surface area contributed by atoms with E-state index in [1.807, 2.05) is 18.2 Å². The van der Waals surface area contributed by atoms with Crippen LogP contribution in [0.3, 0.4) is 0 Å². The van der Waals surface area contributed by atoms with Gasteiger partial charge in [0, 0.05) is 25.1 Å². The summed E-state index contributed by atoms with van der Waals surface area (Å²) in [6.07, 6.45) is 0.558. The normalized spacial score (nSPS) is 11.5. The number of ether oxygens (including phenoxy) is 2. The SMILES string of the molecule is CCN(CC)S(=O)(=O)c1ccc(CCC(=O)OCc2nc(-c3cccc(OC)c3)no2)cc1. The second kappa shape index (κ2) is 11.1. The average Bonchev–Trinajstić information content (AvgIpc) is 3.31. The number of esters is 1. The predicted molar refractivity (Wildman–Crippen MR) is 121 cm³/mol. The maximum atomic E-state index is 12.5. The van der Waals surface area contributed by atoms with Crippen LogP contribution in [0.2, 0.25) is 0 Å². The fourth-order valence-electron chi connectivity index (χ4n) is 3.19. The zero-order valence-electron chi connectivity index (χ0n) is 18.9. The van der Waals surface area contributed by atoms with E-state index in [0.29, 0.717) is 31.1 Å². The molecule has 33 heavy (non-hydrogen) atoms. The second-order valence-electron chi connectivity index (χ2n) is 7.14. The quantitative estimate of drug-likeness (QED) is 0.389. The maximum Gasteiger partial charge on any atom is 0.306 e. The number of carbonyl (C=O) groups is 1. The Bertz CT molecular complexity index is 1170. The van der Waals surface area contributed by atoms with Crippen LogP contribution in [-0.2, 0) is 32.6 Å². The van der Waals surface area contributed by atoms with Crippen molar-refractivity contribution in [1.29, 1.82) is 0 Å². The van der Waals surface area contributed by atoms with Gasteiger partial charge in [-0.3, -0.25) is 4.79 Å². The molecule has 0 bridgehead atoms. The van der Waals surface area contributed by atoms with E-state index in [4.69, 9.17) is 14.0 Å². The lowest BCUT2D eigenvalue weighted by molar-refractivity contribution is -0.145. The van der Waals surface area contributed by atoms with Crippen LogP contribution in [0, 0.1) is 0 Å². The molecule has 0 N–H and O–H groups in total. The van der Waals surface area contributed by atoms with Gasteiger partial charge in [0.25, 0.3) is 5.89 Å². The van der Waals surface area contributed by atoms with Gasteiger partial charge in [0.05, 0.1) is 12.0 Å². The Kier molecular flexibility index (Phi) is 8.18. The molecule has 3 aromatic rings. The van der Waals surface area contributed by atoms with Gasteiger partial charge in [-0.1, -0.05) is 43.3 Å². The summed E-state index contributed by atoms with van der Waals surface area (Å²) in [5, 5.41) is 3.90. The van der Waals surface area contributed by atoms with Gasteiger partial charge < -0.3 is 14.0 Å². The third-order valence-corrected chi connectivity index (χ3v) is 7.10. The van der Waals surface area contributed by atoms with Crippen molar-refractivity contribution in [2.45, 2.75) is 38.2 Å². The lowest BCUT2D eigenvalue weighted by Crippen LogP contribution is -2.30. The van der Waals surface area contributed by atoms with Crippen LogP contribution in [0.1, 0.15) is 31.7 Å². The molecule has 0 spiro atoms. The van der Waals surface area contributed by atoms with Crippen molar-refractivity contribution >= 4 is 16.0 Å². The predicted octanol–water partition coefficient (Wildman–Crippen LogP) is 3.45. The summed E-state index contributed by atoms with van der Waals surface area (Å²) in [5.41, 5.74) is 1.56. The van der Waals surface area contributed by atoms with E-state index >= 15 is 0 Å².